The van der Waals surface area contributed by atoms with Crippen LogP contribution >= 0.6 is 27.3 Å². The van der Waals surface area contributed by atoms with Crippen LogP contribution in [0.4, 0.5) is 5.13 Å². The minimum absolute atomic E-state index is 0.0464. The number of hydrogen-bond donors (Lipinski definition) is 1. The van der Waals surface area contributed by atoms with Crippen molar-refractivity contribution < 1.29 is 24.2 Å². The molecule has 0 aliphatic carbocycles. The molecule has 3 aromatic rings. The molecule has 1 N–H and O–H groups in total. The molecular weight excluding hydrogens is 508 g/mol. The highest BCUT2D eigenvalue weighted by Gasteiger charge is 2.48. The third kappa shape index (κ3) is 4.21. The molecule has 1 saturated heterocycles. The van der Waals surface area contributed by atoms with E-state index in [9.17, 15) is 19.5 Å². The molecule has 0 bridgehead atoms. The van der Waals surface area contributed by atoms with E-state index in [4.69, 9.17) is 4.74 Å². The summed E-state index contributed by atoms with van der Waals surface area (Å²) >= 11 is 4.40. The minimum Gasteiger partial charge on any atom is -0.507 e. The van der Waals surface area contributed by atoms with Crippen LogP contribution in [0.15, 0.2) is 64.6 Å². The second kappa shape index (κ2) is 9.29. The van der Waals surface area contributed by atoms with Gasteiger partial charge in [-0.2, -0.15) is 0 Å². The van der Waals surface area contributed by atoms with Crippen LogP contribution in [-0.2, 0) is 14.3 Å². The molecule has 1 aliphatic rings. The van der Waals surface area contributed by atoms with Crippen molar-refractivity contribution >= 4 is 55.8 Å². The first-order valence-electron chi connectivity index (χ1n) is 10.1. The number of esters is 1. The monoisotopic (exact) mass is 526 g/mol. The third-order valence-electron chi connectivity index (χ3n) is 5.11. The quantitative estimate of drug-likeness (QED) is 0.217. The number of halogens is 1. The molecule has 7 nitrogen and oxygen atoms in total. The Balaban J connectivity index is 1.92. The summed E-state index contributed by atoms with van der Waals surface area (Å²) in [5.74, 6) is -2.48. The van der Waals surface area contributed by atoms with E-state index in [0.717, 1.165) is 15.8 Å². The molecule has 1 amide bonds. The number of aromatic nitrogens is 1. The van der Waals surface area contributed by atoms with Crippen LogP contribution < -0.4 is 4.90 Å². The van der Waals surface area contributed by atoms with Gasteiger partial charge in [0.2, 0.25) is 0 Å². The van der Waals surface area contributed by atoms with E-state index < -0.39 is 23.7 Å². The molecule has 0 spiro atoms. The Kier molecular flexibility index (Phi) is 6.44. The highest BCUT2D eigenvalue weighted by Crippen LogP contribution is 2.44. The van der Waals surface area contributed by atoms with Crippen LogP contribution in [0.5, 0.6) is 0 Å². The number of Topliss-reactive ketones (excluding diaryl/α,β-unsaturated/α-hetero) is 1. The minimum atomic E-state index is -0.927. The molecule has 1 aromatic heterocycles. The topological polar surface area (TPSA) is 96.8 Å². The number of aliphatic hydroxyl groups is 1. The molecule has 2 aromatic carbocycles. The molecular formula is C24H19BrN2O5S. The number of carbonyl (C=O) groups excluding carboxylic acids is 3. The number of hydrogen-bond acceptors (Lipinski definition) is 7. The number of ketones is 1. The van der Waals surface area contributed by atoms with Gasteiger partial charge < -0.3 is 9.84 Å². The first-order chi connectivity index (χ1) is 15.8. The van der Waals surface area contributed by atoms with Crippen molar-refractivity contribution in [3.8, 4) is 0 Å². The SMILES string of the molecule is CCOC(=O)c1sc(N2C(=O)C(=O)C(=C(O)c3ccccc3)C2c2cccc(Br)c2)nc1C. The first-order valence-corrected chi connectivity index (χ1v) is 11.7. The van der Waals surface area contributed by atoms with E-state index in [2.05, 4.69) is 20.9 Å². The van der Waals surface area contributed by atoms with Crippen molar-refractivity contribution in [1.29, 1.82) is 0 Å². The number of aryl methyl sites for hydroxylation is 1. The fraction of sp³-hybridized carbons (Fsp3) is 0.167. The van der Waals surface area contributed by atoms with Crippen molar-refractivity contribution in [1.82, 2.24) is 4.98 Å². The summed E-state index contributed by atoms with van der Waals surface area (Å²) in [5, 5.41) is 11.2. The zero-order valence-corrected chi connectivity index (χ0v) is 20.1. The van der Waals surface area contributed by atoms with Gasteiger partial charge in [-0.15, -0.1) is 0 Å². The van der Waals surface area contributed by atoms with Crippen LogP contribution in [0.1, 0.15) is 39.5 Å². The molecule has 1 unspecified atom stereocenters. The number of anilines is 1. The standard InChI is InChI=1S/C24H19BrN2O5S/c1-3-32-23(31)21-13(2)26-24(33-21)27-18(15-10-7-11-16(25)12-15)17(20(29)22(27)30)19(28)14-8-5-4-6-9-14/h4-12,18,28H,3H2,1-2H3. The molecule has 1 fully saturated rings. The number of benzene rings is 2. The van der Waals surface area contributed by atoms with Crippen LogP contribution in [0.25, 0.3) is 5.76 Å². The van der Waals surface area contributed by atoms with E-state index in [-0.39, 0.29) is 27.9 Å². The lowest BCUT2D eigenvalue weighted by atomic mass is 9.95. The van der Waals surface area contributed by atoms with Gasteiger partial charge >= 0.3 is 11.9 Å². The zero-order valence-electron chi connectivity index (χ0n) is 17.7. The molecule has 1 atom stereocenters. The lowest BCUT2D eigenvalue weighted by Gasteiger charge is -2.23. The summed E-state index contributed by atoms with van der Waals surface area (Å²) in [6, 6.07) is 14.8. The van der Waals surface area contributed by atoms with E-state index in [1.807, 2.05) is 6.07 Å². The highest BCUT2D eigenvalue weighted by molar-refractivity contribution is 9.10. The summed E-state index contributed by atoms with van der Waals surface area (Å²) in [7, 11) is 0. The lowest BCUT2D eigenvalue weighted by Crippen LogP contribution is -2.29. The molecule has 33 heavy (non-hydrogen) atoms. The molecule has 168 valence electrons. The van der Waals surface area contributed by atoms with Crippen LogP contribution in [0.2, 0.25) is 0 Å². The Morgan fingerprint density at radius 1 is 1.18 bits per heavy atom. The Labute approximate surface area is 202 Å². The van der Waals surface area contributed by atoms with Crippen molar-refractivity contribution in [2.24, 2.45) is 0 Å². The second-order valence-corrected chi connectivity index (χ2v) is 9.11. The molecule has 2 heterocycles. The summed E-state index contributed by atoms with van der Waals surface area (Å²) in [6.07, 6.45) is 0. The van der Waals surface area contributed by atoms with E-state index in [1.54, 1.807) is 62.4 Å². The van der Waals surface area contributed by atoms with Crippen molar-refractivity contribution in [2.45, 2.75) is 19.9 Å². The molecule has 0 radical (unpaired) electrons. The van der Waals surface area contributed by atoms with E-state index in [1.165, 1.54) is 4.90 Å². The maximum atomic E-state index is 13.2. The molecule has 1 aliphatic heterocycles. The van der Waals surface area contributed by atoms with Crippen molar-refractivity contribution in [3.63, 3.8) is 0 Å². The number of nitrogens with zero attached hydrogens (tertiary/aromatic N) is 2. The van der Waals surface area contributed by atoms with Gasteiger partial charge in [-0.1, -0.05) is 69.7 Å². The van der Waals surface area contributed by atoms with E-state index in [0.29, 0.717) is 16.8 Å². The number of carbonyl (C=O) groups is 3. The fourth-order valence-corrected chi connectivity index (χ4v) is 5.05. The molecule has 4 rings (SSSR count). The number of ether oxygens (including phenoxy) is 1. The molecule has 0 saturated carbocycles. The average Bonchev–Trinajstić information content (AvgIpc) is 3.31. The van der Waals surface area contributed by atoms with Gasteiger partial charge in [0.1, 0.15) is 10.6 Å². The second-order valence-electron chi connectivity index (χ2n) is 7.22. The number of rotatable bonds is 5. The summed E-state index contributed by atoms with van der Waals surface area (Å²) in [4.78, 5) is 44.6. The van der Waals surface area contributed by atoms with Gasteiger partial charge in [0.15, 0.2) is 5.13 Å². The average molecular weight is 527 g/mol. The number of aliphatic hydroxyl groups excluding tert-OH is 1. The summed E-state index contributed by atoms with van der Waals surface area (Å²) < 4.78 is 5.83. The van der Waals surface area contributed by atoms with Crippen LogP contribution in [-0.4, -0.2) is 34.4 Å². The lowest BCUT2D eigenvalue weighted by molar-refractivity contribution is -0.132. The maximum absolute atomic E-state index is 13.2. The normalized spacial score (nSPS) is 17.4. The smallest absolute Gasteiger partial charge is 0.350 e. The number of amides is 1. The predicted molar refractivity (Wildman–Crippen MR) is 128 cm³/mol. The maximum Gasteiger partial charge on any atom is 0.350 e. The van der Waals surface area contributed by atoms with Gasteiger partial charge in [0, 0.05) is 10.0 Å². The van der Waals surface area contributed by atoms with Crippen LogP contribution in [0.3, 0.4) is 0 Å². The van der Waals surface area contributed by atoms with Gasteiger partial charge in [-0.25, -0.2) is 9.78 Å². The Hall–Kier alpha value is -3.30. The van der Waals surface area contributed by atoms with Crippen LogP contribution in [0, 0.1) is 6.92 Å². The highest BCUT2D eigenvalue weighted by atomic mass is 79.9. The Morgan fingerprint density at radius 3 is 2.58 bits per heavy atom. The zero-order chi connectivity index (χ0) is 23.7. The van der Waals surface area contributed by atoms with Crippen molar-refractivity contribution in [3.05, 3.63) is 86.3 Å². The Morgan fingerprint density at radius 2 is 1.91 bits per heavy atom. The fourth-order valence-electron chi connectivity index (χ4n) is 3.64. The third-order valence-corrected chi connectivity index (χ3v) is 6.74. The first kappa shape index (κ1) is 22.9. The summed E-state index contributed by atoms with van der Waals surface area (Å²) in [6.45, 7) is 3.54. The van der Waals surface area contributed by atoms with Gasteiger partial charge in [-0.3, -0.25) is 14.5 Å². The van der Waals surface area contributed by atoms with Gasteiger partial charge in [0.25, 0.3) is 5.78 Å². The van der Waals surface area contributed by atoms with Gasteiger partial charge in [0.05, 0.1) is 23.9 Å². The largest absolute Gasteiger partial charge is 0.507 e. The van der Waals surface area contributed by atoms with Gasteiger partial charge in [-0.05, 0) is 31.5 Å². The predicted octanol–water partition coefficient (Wildman–Crippen LogP) is 5.02. The Bertz CT molecular complexity index is 1290. The van der Waals surface area contributed by atoms with E-state index >= 15 is 0 Å². The van der Waals surface area contributed by atoms with Crippen molar-refractivity contribution in [2.75, 3.05) is 11.5 Å². The molecule has 9 heteroatoms. The summed E-state index contributed by atoms with van der Waals surface area (Å²) in [5.41, 5.74) is 1.37. The number of thiazole rings is 1.